The van der Waals surface area contributed by atoms with Crippen LogP contribution in [-0.2, 0) is 11.3 Å². The Morgan fingerprint density at radius 2 is 2.18 bits per heavy atom. The number of aromatic nitrogens is 2. The molecule has 1 N–H and O–H groups in total. The summed E-state index contributed by atoms with van der Waals surface area (Å²) in [5.41, 5.74) is 0.521. The van der Waals surface area contributed by atoms with Gasteiger partial charge in [0.1, 0.15) is 5.75 Å². The van der Waals surface area contributed by atoms with Crippen molar-refractivity contribution in [1.82, 2.24) is 14.9 Å². The first kappa shape index (κ1) is 16.0. The number of hydrogen-bond acceptors (Lipinski definition) is 4. The minimum atomic E-state index is -0.284. The Bertz CT molecular complexity index is 715. The molecular weight excluding hydrogens is 306 g/mol. The van der Waals surface area contributed by atoms with Crippen LogP contribution in [0.5, 0.6) is 5.75 Å². The fraction of sp³-hybridized carbons (Fsp3) is 0.267. The Morgan fingerprint density at radius 3 is 2.91 bits per heavy atom. The lowest BCUT2D eigenvalue weighted by molar-refractivity contribution is -0.123. The maximum absolute atomic E-state index is 11.7. The number of ether oxygens (including phenoxy) is 1. The lowest BCUT2D eigenvalue weighted by atomic mass is 10.3. The molecule has 0 aliphatic carbocycles. The topological polar surface area (TPSA) is 73.2 Å². The molecule has 6 nitrogen and oxygen atoms in total. The quantitative estimate of drug-likeness (QED) is 0.873. The number of benzene rings is 1. The molecule has 0 aliphatic heterocycles. The van der Waals surface area contributed by atoms with E-state index in [1.807, 2.05) is 0 Å². The minimum absolute atomic E-state index is 0.134. The fourth-order valence-corrected chi connectivity index (χ4v) is 1.95. The Labute approximate surface area is 132 Å². The van der Waals surface area contributed by atoms with Crippen molar-refractivity contribution >= 4 is 17.5 Å². The Morgan fingerprint density at radius 1 is 1.41 bits per heavy atom. The zero-order chi connectivity index (χ0) is 15.9. The predicted octanol–water partition coefficient (Wildman–Crippen LogP) is 1.40. The third kappa shape index (κ3) is 4.60. The molecule has 1 aromatic heterocycles. The molecule has 0 spiro atoms. The monoisotopic (exact) mass is 321 g/mol. The summed E-state index contributed by atoms with van der Waals surface area (Å²) in [5, 5.41) is 3.12. The van der Waals surface area contributed by atoms with E-state index in [1.165, 1.54) is 17.0 Å². The molecule has 22 heavy (non-hydrogen) atoms. The van der Waals surface area contributed by atoms with Gasteiger partial charge in [0.25, 0.3) is 11.5 Å². The van der Waals surface area contributed by atoms with E-state index >= 15 is 0 Å². The van der Waals surface area contributed by atoms with Crippen LogP contribution in [0, 0.1) is 6.92 Å². The molecule has 7 heteroatoms. The van der Waals surface area contributed by atoms with Crippen LogP contribution in [0.2, 0.25) is 5.02 Å². The third-order valence-electron chi connectivity index (χ3n) is 2.89. The van der Waals surface area contributed by atoms with Gasteiger partial charge in [-0.15, -0.1) is 0 Å². The molecule has 0 aliphatic rings. The summed E-state index contributed by atoms with van der Waals surface area (Å²) in [5.74, 6) is 0.173. The molecule has 0 bridgehead atoms. The molecule has 0 fully saturated rings. The molecule has 116 valence electrons. The third-order valence-corrected chi connectivity index (χ3v) is 3.20. The van der Waals surface area contributed by atoms with Crippen molar-refractivity contribution in [3.8, 4) is 5.75 Å². The molecule has 1 aromatic carbocycles. The Hall–Kier alpha value is -2.34. The molecule has 2 aromatic rings. The van der Waals surface area contributed by atoms with Gasteiger partial charge in [-0.25, -0.2) is 4.98 Å². The van der Waals surface area contributed by atoms with E-state index in [0.717, 1.165) is 0 Å². The number of hydrogen-bond donors (Lipinski definition) is 1. The number of carbonyl (C=O) groups excluding carboxylic acids is 1. The Kier molecular flexibility index (Phi) is 5.55. The maximum Gasteiger partial charge on any atom is 0.258 e. The summed E-state index contributed by atoms with van der Waals surface area (Å²) in [6, 6.07) is 8.37. The SMILES string of the molecule is Cc1cc(=O)n(CCNC(=O)COc2ccccc2Cl)cn1. The standard InChI is InChI=1S/C15H16ClN3O3/c1-11-8-15(21)19(10-18-11)7-6-17-14(20)9-22-13-5-3-2-4-12(13)16/h2-5,8,10H,6-7,9H2,1H3,(H,17,20). The fourth-order valence-electron chi connectivity index (χ4n) is 1.76. The van der Waals surface area contributed by atoms with Gasteiger partial charge in [-0.2, -0.15) is 0 Å². The molecule has 0 atom stereocenters. The summed E-state index contributed by atoms with van der Waals surface area (Å²) < 4.78 is 6.75. The highest BCUT2D eigenvalue weighted by Gasteiger charge is 2.05. The molecule has 1 heterocycles. The summed E-state index contributed by atoms with van der Waals surface area (Å²) in [6.07, 6.45) is 1.46. The van der Waals surface area contributed by atoms with Crippen molar-refractivity contribution in [2.24, 2.45) is 0 Å². The molecule has 0 saturated heterocycles. The largest absolute Gasteiger partial charge is 0.482 e. The average Bonchev–Trinajstić information content (AvgIpc) is 2.49. The van der Waals surface area contributed by atoms with E-state index in [4.69, 9.17) is 16.3 Å². The Balaban J connectivity index is 1.76. The second-order valence-corrected chi connectivity index (χ2v) is 5.04. The lowest BCUT2D eigenvalue weighted by Gasteiger charge is -2.09. The second kappa shape index (κ2) is 7.61. The van der Waals surface area contributed by atoms with E-state index in [-0.39, 0.29) is 18.1 Å². The number of para-hydroxylation sites is 1. The molecule has 1 amide bonds. The van der Waals surface area contributed by atoms with Gasteiger partial charge in [0.05, 0.1) is 11.3 Å². The normalized spacial score (nSPS) is 10.3. The summed E-state index contributed by atoms with van der Waals surface area (Å²) in [6.45, 7) is 2.28. The summed E-state index contributed by atoms with van der Waals surface area (Å²) in [7, 11) is 0. The van der Waals surface area contributed by atoms with Crippen molar-refractivity contribution in [1.29, 1.82) is 0 Å². The molecule has 0 unspecified atom stereocenters. The van der Waals surface area contributed by atoms with Crippen LogP contribution in [0.15, 0.2) is 41.5 Å². The maximum atomic E-state index is 11.7. The van der Waals surface area contributed by atoms with E-state index in [2.05, 4.69) is 10.3 Å². The highest BCUT2D eigenvalue weighted by atomic mass is 35.5. The van der Waals surface area contributed by atoms with Crippen LogP contribution in [0.1, 0.15) is 5.69 Å². The number of amides is 1. The first-order chi connectivity index (χ1) is 10.6. The predicted molar refractivity (Wildman–Crippen MR) is 83.2 cm³/mol. The lowest BCUT2D eigenvalue weighted by Crippen LogP contribution is -2.33. The van der Waals surface area contributed by atoms with Crippen molar-refractivity contribution in [3.63, 3.8) is 0 Å². The van der Waals surface area contributed by atoms with Gasteiger partial charge in [0.15, 0.2) is 6.61 Å². The van der Waals surface area contributed by atoms with Gasteiger partial charge in [0, 0.05) is 24.8 Å². The average molecular weight is 322 g/mol. The van der Waals surface area contributed by atoms with Crippen LogP contribution in [0.4, 0.5) is 0 Å². The van der Waals surface area contributed by atoms with Crippen LogP contribution in [-0.4, -0.2) is 28.6 Å². The highest BCUT2D eigenvalue weighted by Crippen LogP contribution is 2.22. The van der Waals surface area contributed by atoms with Crippen LogP contribution in [0.25, 0.3) is 0 Å². The van der Waals surface area contributed by atoms with Crippen molar-refractivity contribution in [3.05, 3.63) is 57.7 Å². The van der Waals surface area contributed by atoms with Crippen molar-refractivity contribution in [2.75, 3.05) is 13.2 Å². The van der Waals surface area contributed by atoms with Gasteiger partial charge in [-0.1, -0.05) is 23.7 Å². The van der Waals surface area contributed by atoms with Gasteiger partial charge < -0.3 is 10.1 Å². The summed E-state index contributed by atoms with van der Waals surface area (Å²) in [4.78, 5) is 27.3. The van der Waals surface area contributed by atoms with Crippen LogP contribution >= 0.6 is 11.6 Å². The second-order valence-electron chi connectivity index (χ2n) is 4.63. The van der Waals surface area contributed by atoms with Gasteiger partial charge in [-0.05, 0) is 19.1 Å². The number of rotatable bonds is 6. The molecule has 0 radical (unpaired) electrons. The van der Waals surface area contributed by atoms with E-state index in [1.54, 1.807) is 31.2 Å². The minimum Gasteiger partial charge on any atom is -0.482 e. The van der Waals surface area contributed by atoms with E-state index < -0.39 is 0 Å². The first-order valence-electron chi connectivity index (χ1n) is 6.73. The number of halogens is 1. The zero-order valence-corrected chi connectivity index (χ0v) is 12.8. The van der Waals surface area contributed by atoms with Crippen molar-refractivity contribution < 1.29 is 9.53 Å². The smallest absolute Gasteiger partial charge is 0.258 e. The zero-order valence-electron chi connectivity index (χ0n) is 12.1. The van der Waals surface area contributed by atoms with Gasteiger partial charge in [0.2, 0.25) is 0 Å². The molecular formula is C15H16ClN3O3. The van der Waals surface area contributed by atoms with Crippen LogP contribution < -0.4 is 15.6 Å². The number of nitrogens with one attached hydrogen (secondary N) is 1. The summed E-state index contributed by atoms with van der Waals surface area (Å²) >= 11 is 5.92. The number of nitrogens with zero attached hydrogens (tertiary/aromatic N) is 2. The van der Waals surface area contributed by atoms with Gasteiger partial charge >= 0.3 is 0 Å². The number of carbonyl (C=O) groups is 1. The highest BCUT2D eigenvalue weighted by molar-refractivity contribution is 6.32. The van der Waals surface area contributed by atoms with Crippen LogP contribution in [0.3, 0.4) is 0 Å². The number of aryl methyl sites for hydroxylation is 1. The van der Waals surface area contributed by atoms with E-state index in [9.17, 15) is 9.59 Å². The van der Waals surface area contributed by atoms with Gasteiger partial charge in [-0.3, -0.25) is 14.2 Å². The molecule has 0 saturated carbocycles. The van der Waals surface area contributed by atoms with Crippen molar-refractivity contribution in [2.45, 2.75) is 13.5 Å². The molecule has 2 rings (SSSR count). The van der Waals surface area contributed by atoms with E-state index in [0.29, 0.717) is 29.6 Å². The first-order valence-corrected chi connectivity index (χ1v) is 7.11.